The van der Waals surface area contributed by atoms with Crippen LogP contribution >= 0.6 is 11.8 Å². The van der Waals surface area contributed by atoms with Crippen molar-refractivity contribution in [2.45, 2.75) is 17.3 Å². The van der Waals surface area contributed by atoms with Crippen LogP contribution in [0, 0.1) is 11.6 Å². The highest BCUT2D eigenvalue weighted by Crippen LogP contribution is 2.28. The Labute approximate surface area is 145 Å². The van der Waals surface area contributed by atoms with Crippen molar-refractivity contribution in [3.8, 4) is 0 Å². The third-order valence-corrected chi connectivity index (χ3v) is 4.90. The third-order valence-electron chi connectivity index (χ3n) is 3.85. The number of fused-ring (bicyclic) bond motifs is 3. The van der Waals surface area contributed by atoms with Crippen molar-refractivity contribution in [1.82, 2.24) is 19.6 Å². The van der Waals surface area contributed by atoms with Gasteiger partial charge in [0.2, 0.25) is 5.78 Å². The van der Waals surface area contributed by atoms with Crippen LogP contribution in [0.15, 0.2) is 47.6 Å². The molecular formula is C17H12F2N4OS. The molecule has 2 heterocycles. The number of aromatic amines is 1. The number of H-pyrrole nitrogens is 1. The van der Waals surface area contributed by atoms with E-state index in [1.807, 2.05) is 28.7 Å². The smallest absolute Gasteiger partial charge is 0.231 e. The maximum Gasteiger partial charge on any atom is 0.231 e. The molecule has 4 aromatic rings. The molecule has 126 valence electrons. The zero-order valence-corrected chi connectivity index (χ0v) is 13.8. The van der Waals surface area contributed by atoms with Gasteiger partial charge < -0.3 is 0 Å². The van der Waals surface area contributed by atoms with Gasteiger partial charge in [-0.3, -0.25) is 9.20 Å². The normalized spacial score (nSPS) is 12.8. The second-order valence-corrected chi connectivity index (χ2v) is 6.82. The van der Waals surface area contributed by atoms with Gasteiger partial charge in [-0.1, -0.05) is 23.9 Å². The first kappa shape index (κ1) is 15.8. The number of halogens is 2. The van der Waals surface area contributed by atoms with Gasteiger partial charge in [0, 0.05) is 6.07 Å². The lowest BCUT2D eigenvalue weighted by molar-refractivity contribution is 0.0990. The zero-order chi connectivity index (χ0) is 17.6. The van der Waals surface area contributed by atoms with Crippen molar-refractivity contribution in [2.75, 3.05) is 0 Å². The highest BCUT2D eigenvalue weighted by Gasteiger charge is 2.23. The summed E-state index contributed by atoms with van der Waals surface area (Å²) in [5, 5.41) is 6.96. The van der Waals surface area contributed by atoms with Gasteiger partial charge >= 0.3 is 0 Å². The molecule has 4 rings (SSSR count). The predicted octanol–water partition coefficient (Wildman–Crippen LogP) is 3.85. The number of thioether (sulfide) groups is 1. The Morgan fingerprint density at radius 3 is 2.84 bits per heavy atom. The van der Waals surface area contributed by atoms with Gasteiger partial charge in [-0.15, -0.1) is 5.10 Å². The molecule has 1 atom stereocenters. The number of hydrogen-bond donors (Lipinski definition) is 1. The minimum absolute atomic E-state index is 0.135. The number of hydrogen-bond acceptors (Lipinski definition) is 4. The summed E-state index contributed by atoms with van der Waals surface area (Å²) in [5.74, 6) is -1.44. The molecule has 8 heteroatoms. The molecule has 2 aromatic carbocycles. The Bertz CT molecular complexity index is 1100. The summed E-state index contributed by atoms with van der Waals surface area (Å²) in [6.07, 6.45) is 0. The van der Waals surface area contributed by atoms with E-state index in [0.717, 1.165) is 23.2 Å². The van der Waals surface area contributed by atoms with E-state index >= 15 is 0 Å². The molecule has 5 nitrogen and oxygen atoms in total. The molecule has 25 heavy (non-hydrogen) atoms. The SMILES string of the molecule is C[C@H](Sc1n[nH]c2nc3ccccc3n12)C(=O)c1ccc(F)cc1F. The Hall–Kier alpha value is -2.74. The molecule has 0 saturated carbocycles. The lowest BCUT2D eigenvalue weighted by atomic mass is 10.1. The maximum absolute atomic E-state index is 13.8. The number of aromatic nitrogens is 4. The number of nitrogens with one attached hydrogen (secondary N) is 1. The summed E-state index contributed by atoms with van der Waals surface area (Å²) in [6.45, 7) is 1.66. The van der Waals surface area contributed by atoms with Crippen LogP contribution in [-0.4, -0.2) is 30.6 Å². The highest BCUT2D eigenvalue weighted by molar-refractivity contribution is 8.00. The minimum atomic E-state index is -0.863. The first-order valence-corrected chi connectivity index (χ1v) is 8.40. The van der Waals surface area contributed by atoms with Crippen molar-refractivity contribution >= 4 is 34.4 Å². The fourth-order valence-corrected chi connectivity index (χ4v) is 3.58. The summed E-state index contributed by atoms with van der Waals surface area (Å²) >= 11 is 1.19. The molecule has 0 aliphatic carbocycles. The Balaban J connectivity index is 1.67. The number of para-hydroxylation sites is 2. The quantitative estimate of drug-likeness (QED) is 0.445. The van der Waals surface area contributed by atoms with Gasteiger partial charge in [0.1, 0.15) is 11.6 Å². The molecule has 2 aromatic heterocycles. The van der Waals surface area contributed by atoms with Crippen molar-refractivity contribution in [2.24, 2.45) is 0 Å². The van der Waals surface area contributed by atoms with Crippen molar-refractivity contribution in [3.63, 3.8) is 0 Å². The molecule has 0 fully saturated rings. The molecule has 0 saturated heterocycles. The Morgan fingerprint density at radius 2 is 2.04 bits per heavy atom. The molecule has 0 bridgehead atoms. The van der Waals surface area contributed by atoms with E-state index < -0.39 is 22.7 Å². The van der Waals surface area contributed by atoms with Crippen LogP contribution in [0.2, 0.25) is 0 Å². The van der Waals surface area contributed by atoms with E-state index in [9.17, 15) is 13.6 Å². The number of benzene rings is 2. The summed E-state index contributed by atoms with van der Waals surface area (Å²) in [5.41, 5.74) is 1.53. The van der Waals surface area contributed by atoms with Crippen molar-refractivity contribution < 1.29 is 13.6 Å². The van der Waals surface area contributed by atoms with Crippen molar-refractivity contribution in [3.05, 3.63) is 59.7 Å². The van der Waals surface area contributed by atoms with Crippen LogP contribution in [0.1, 0.15) is 17.3 Å². The van der Waals surface area contributed by atoms with E-state index in [-0.39, 0.29) is 5.56 Å². The molecule has 0 unspecified atom stereocenters. The van der Waals surface area contributed by atoms with Gasteiger partial charge in [0.25, 0.3) is 0 Å². The van der Waals surface area contributed by atoms with Gasteiger partial charge in [0.05, 0.1) is 21.8 Å². The van der Waals surface area contributed by atoms with Crippen LogP contribution in [0.5, 0.6) is 0 Å². The number of nitrogens with zero attached hydrogens (tertiary/aromatic N) is 3. The Kier molecular flexibility index (Phi) is 3.76. The lowest BCUT2D eigenvalue weighted by Crippen LogP contribution is -2.15. The van der Waals surface area contributed by atoms with Crippen molar-refractivity contribution in [1.29, 1.82) is 0 Å². The van der Waals surface area contributed by atoms with E-state index in [1.54, 1.807) is 6.92 Å². The van der Waals surface area contributed by atoms with E-state index in [2.05, 4.69) is 15.2 Å². The minimum Gasteiger partial charge on any atom is -0.293 e. The topological polar surface area (TPSA) is 63.1 Å². The van der Waals surface area contributed by atoms with Crippen LogP contribution in [0.3, 0.4) is 0 Å². The average molecular weight is 358 g/mol. The highest BCUT2D eigenvalue weighted by atomic mass is 32.2. The van der Waals surface area contributed by atoms with Crippen LogP contribution < -0.4 is 0 Å². The van der Waals surface area contributed by atoms with Crippen LogP contribution in [0.25, 0.3) is 16.8 Å². The Morgan fingerprint density at radius 1 is 1.24 bits per heavy atom. The fraction of sp³-hybridized carbons (Fsp3) is 0.118. The maximum atomic E-state index is 13.8. The van der Waals surface area contributed by atoms with E-state index in [1.165, 1.54) is 11.8 Å². The van der Waals surface area contributed by atoms with Gasteiger partial charge in [-0.2, -0.15) is 0 Å². The van der Waals surface area contributed by atoms with Gasteiger partial charge in [-0.25, -0.2) is 18.9 Å². The standard InChI is InChI=1S/C17H12F2N4OS/c1-9(15(24)11-7-6-10(18)8-12(11)19)25-17-22-21-16-20-13-4-2-3-5-14(13)23(16)17/h2-9H,1H3,(H,20,21)/t9-/m0/s1. The van der Waals surface area contributed by atoms with Gasteiger partial charge in [0.15, 0.2) is 10.9 Å². The third kappa shape index (κ3) is 2.68. The summed E-state index contributed by atoms with van der Waals surface area (Å²) in [7, 11) is 0. The lowest BCUT2D eigenvalue weighted by Gasteiger charge is -2.09. The zero-order valence-electron chi connectivity index (χ0n) is 13.0. The second kappa shape index (κ2) is 5.96. The number of carbonyl (C=O) groups is 1. The number of ketones is 1. The number of carbonyl (C=O) groups excluding carboxylic acids is 1. The fourth-order valence-electron chi connectivity index (χ4n) is 2.64. The molecule has 1 N–H and O–H groups in total. The first-order valence-electron chi connectivity index (χ1n) is 7.52. The monoisotopic (exact) mass is 358 g/mol. The number of Topliss-reactive ketones (excluding diaryl/α,β-unsaturated/α-hetero) is 1. The first-order chi connectivity index (χ1) is 12.0. The molecule has 0 radical (unpaired) electrons. The molecule has 0 aliphatic heterocycles. The summed E-state index contributed by atoms with van der Waals surface area (Å²) in [6, 6.07) is 10.5. The van der Waals surface area contributed by atoms with Crippen LogP contribution in [0.4, 0.5) is 8.78 Å². The molecular weight excluding hydrogens is 346 g/mol. The van der Waals surface area contributed by atoms with E-state index in [0.29, 0.717) is 17.0 Å². The second-order valence-electron chi connectivity index (χ2n) is 5.51. The summed E-state index contributed by atoms with van der Waals surface area (Å²) in [4.78, 5) is 16.9. The van der Waals surface area contributed by atoms with Gasteiger partial charge in [-0.05, 0) is 31.2 Å². The summed E-state index contributed by atoms with van der Waals surface area (Å²) < 4.78 is 28.7. The number of imidazole rings is 1. The molecule has 0 spiro atoms. The molecule has 0 amide bonds. The average Bonchev–Trinajstić information content (AvgIpc) is 3.14. The van der Waals surface area contributed by atoms with Crippen LogP contribution in [-0.2, 0) is 0 Å². The largest absolute Gasteiger partial charge is 0.293 e. The molecule has 0 aliphatic rings. The number of rotatable bonds is 4. The predicted molar refractivity (Wildman–Crippen MR) is 90.9 cm³/mol. The van der Waals surface area contributed by atoms with E-state index in [4.69, 9.17) is 0 Å².